The van der Waals surface area contributed by atoms with E-state index < -0.39 is 0 Å². The highest BCUT2D eigenvalue weighted by Gasteiger charge is 2.31. The summed E-state index contributed by atoms with van der Waals surface area (Å²) in [6.45, 7) is 5.48. The Morgan fingerprint density at radius 2 is 2.19 bits per heavy atom. The first-order chi connectivity index (χ1) is 12.8. The van der Waals surface area contributed by atoms with Crippen LogP contribution in [0.3, 0.4) is 0 Å². The lowest BCUT2D eigenvalue weighted by molar-refractivity contribution is 0.0716. The molecule has 1 atom stereocenters. The van der Waals surface area contributed by atoms with Crippen molar-refractivity contribution >= 4 is 17.2 Å². The second-order valence-electron chi connectivity index (χ2n) is 7.19. The molecule has 1 aliphatic heterocycles. The van der Waals surface area contributed by atoms with E-state index in [1.165, 1.54) is 17.7 Å². The molecule has 1 saturated heterocycles. The predicted octanol–water partition coefficient (Wildman–Crippen LogP) is 2.63. The van der Waals surface area contributed by atoms with Crippen LogP contribution in [-0.4, -0.2) is 44.7 Å². The van der Waals surface area contributed by atoms with Crippen LogP contribution in [0.5, 0.6) is 0 Å². The average molecular weight is 374 g/mol. The molecule has 0 unspecified atom stereocenters. The number of aromatic nitrogens is 3. The van der Waals surface area contributed by atoms with Crippen molar-refractivity contribution in [3.8, 4) is 0 Å². The van der Waals surface area contributed by atoms with E-state index in [1.54, 1.807) is 11.3 Å². The molecule has 3 heterocycles. The van der Waals surface area contributed by atoms with Gasteiger partial charge in [0, 0.05) is 55.1 Å². The number of carbonyl (C=O) groups excluding carboxylic acids is 1. The zero-order chi connectivity index (χ0) is 17.9. The number of fused-ring (bicyclic) bond motifs is 1. The van der Waals surface area contributed by atoms with E-state index in [-0.39, 0.29) is 5.91 Å². The number of thiazole rings is 1. The molecule has 0 aromatic carbocycles. The Labute approximate surface area is 158 Å². The first-order valence-corrected chi connectivity index (χ1v) is 10.6. The van der Waals surface area contributed by atoms with Gasteiger partial charge in [0.05, 0.1) is 0 Å². The van der Waals surface area contributed by atoms with Gasteiger partial charge in [0.2, 0.25) is 0 Å². The van der Waals surface area contributed by atoms with Crippen molar-refractivity contribution in [3.05, 3.63) is 33.5 Å². The normalized spacial score (nSPS) is 20.2. The van der Waals surface area contributed by atoms with Gasteiger partial charge in [-0.25, -0.2) is 4.98 Å². The predicted molar refractivity (Wildman–Crippen MR) is 102 cm³/mol. The molecule has 1 aliphatic carbocycles. The van der Waals surface area contributed by atoms with Crippen molar-refractivity contribution in [2.75, 3.05) is 13.1 Å². The topological polar surface area (TPSA) is 63.1 Å². The summed E-state index contributed by atoms with van der Waals surface area (Å²) in [5.74, 6) is 0.133. The summed E-state index contributed by atoms with van der Waals surface area (Å²) in [6.07, 6.45) is 8.26. The van der Waals surface area contributed by atoms with Crippen LogP contribution in [0.2, 0.25) is 0 Å². The maximum absolute atomic E-state index is 13.1. The average Bonchev–Trinajstić information content (AvgIpc) is 3.34. The maximum atomic E-state index is 13.1. The van der Waals surface area contributed by atoms with Crippen LogP contribution >= 0.6 is 11.3 Å². The molecule has 0 saturated carbocycles. The molecular weight excluding hydrogens is 346 g/mol. The summed E-state index contributed by atoms with van der Waals surface area (Å²) in [5, 5.41) is 11.5. The summed E-state index contributed by atoms with van der Waals surface area (Å²) in [5.41, 5.74) is 3.13. The quantitative estimate of drug-likeness (QED) is 0.875. The second-order valence-corrected chi connectivity index (χ2v) is 8.17. The van der Waals surface area contributed by atoms with Crippen molar-refractivity contribution in [1.82, 2.24) is 25.0 Å². The highest BCUT2D eigenvalue weighted by atomic mass is 32.1. The van der Waals surface area contributed by atoms with Crippen molar-refractivity contribution in [3.63, 3.8) is 0 Å². The molecule has 140 valence electrons. The summed E-state index contributed by atoms with van der Waals surface area (Å²) in [4.78, 5) is 19.4. The molecule has 0 spiro atoms. The number of amides is 1. The van der Waals surface area contributed by atoms with Gasteiger partial charge in [0.25, 0.3) is 5.91 Å². The smallest absolute Gasteiger partial charge is 0.274 e. The van der Waals surface area contributed by atoms with Gasteiger partial charge in [-0.05, 0) is 45.4 Å². The Kier molecular flexibility index (Phi) is 5.36. The van der Waals surface area contributed by atoms with Gasteiger partial charge >= 0.3 is 0 Å². The third-order valence-electron chi connectivity index (χ3n) is 5.52. The van der Waals surface area contributed by atoms with Crippen LogP contribution in [0.25, 0.3) is 0 Å². The van der Waals surface area contributed by atoms with Crippen LogP contribution < -0.4 is 5.32 Å². The van der Waals surface area contributed by atoms with Gasteiger partial charge < -0.3 is 10.2 Å². The minimum absolute atomic E-state index is 0.133. The molecule has 2 aliphatic rings. The van der Waals surface area contributed by atoms with Crippen molar-refractivity contribution < 1.29 is 4.79 Å². The van der Waals surface area contributed by atoms with Crippen LogP contribution in [0.4, 0.5) is 0 Å². The molecule has 1 fully saturated rings. The number of carbonyl (C=O) groups is 1. The third kappa shape index (κ3) is 3.55. The Morgan fingerprint density at radius 3 is 2.92 bits per heavy atom. The number of rotatable bonds is 5. The molecule has 0 bridgehead atoms. The van der Waals surface area contributed by atoms with Crippen molar-refractivity contribution in [2.45, 2.75) is 64.6 Å². The first-order valence-electron chi connectivity index (χ1n) is 9.76. The summed E-state index contributed by atoms with van der Waals surface area (Å²) in [7, 11) is 0. The fourth-order valence-electron chi connectivity index (χ4n) is 4.11. The van der Waals surface area contributed by atoms with E-state index in [2.05, 4.69) is 17.2 Å². The largest absolute Gasteiger partial charge is 0.337 e. The molecule has 4 rings (SSSR count). The molecule has 0 radical (unpaired) electrons. The minimum atomic E-state index is 0.133. The minimum Gasteiger partial charge on any atom is -0.337 e. The number of nitrogens with zero attached hydrogens (tertiary/aromatic N) is 4. The van der Waals surface area contributed by atoms with Crippen LogP contribution in [0, 0.1) is 0 Å². The van der Waals surface area contributed by atoms with E-state index >= 15 is 0 Å². The van der Waals surface area contributed by atoms with E-state index in [9.17, 15) is 4.79 Å². The molecule has 7 heteroatoms. The Bertz CT molecular complexity index is 748. The monoisotopic (exact) mass is 373 g/mol. The van der Waals surface area contributed by atoms with Gasteiger partial charge in [-0.2, -0.15) is 5.10 Å². The maximum Gasteiger partial charge on any atom is 0.274 e. The summed E-state index contributed by atoms with van der Waals surface area (Å²) >= 11 is 1.68. The second kappa shape index (κ2) is 7.88. The van der Waals surface area contributed by atoms with E-state index in [0.717, 1.165) is 63.3 Å². The lowest BCUT2D eigenvalue weighted by atomic mass is 9.91. The fraction of sp³-hybridized carbons (Fsp3) is 0.632. The lowest BCUT2D eigenvalue weighted by Crippen LogP contribution is -2.38. The number of piperidine rings is 1. The number of hydrogen-bond acceptors (Lipinski definition) is 5. The third-order valence-corrected chi connectivity index (χ3v) is 6.30. The Morgan fingerprint density at radius 1 is 1.35 bits per heavy atom. The molecule has 26 heavy (non-hydrogen) atoms. The van der Waals surface area contributed by atoms with Crippen LogP contribution in [0.1, 0.15) is 59.4 Å². The van der Waals surface area contributed by atoms with E-state index in [0.29, 0.717) is 11.7 Å². The van der Waals surface area contributed by atoms with Gasteiger partial charge in [0.15, 0.2) is 5.69 Å². The Hall–Kier alpha value is -1.73. The first kappa shape index (κ1) is 17.7. The van der Waals surface area contributed by atoms with Gasteiger partial charge in [-0.1, -0.05) is 0 Å². The number of likely N-dealkylation sites (tertiary alicyclic amines) is 1. The highest BCUT2D eigenvalue weighted by Crippen LogP contribution is 2.27. The molecule has 2 aromatic rings. The lowest BCUT2D eigenvalue weighted by Gasteiger charge is -2.27. The highest BCUT2D eigenvalue weighted by molar-refractivity contribution is 7.09. The molecule has 6 nitrogen and oxygen atoms in total. The Balaban J connectivity index is 1.51. The van der Waals surface area contributed by atoms with Crippen LogP contribution in [-0.2, 0) is 25.9 Å². The molecule has 2 aromatic heterocycles. The van der Waals surface area contributed by atoms with Gasteiger partial charge in [0.1, 0.15) is 5.01 Å². The SMILES string of the molecule is CCn1nc(C(=O)N2CCCCC2)c2c1CC[C@H](NCc1nccs1)C2. The number of hydrogen-bond donors (Lipinski definition) is 1. The van der Waals surface area contributed by atoms with Crippen molar-refractivity contribution in [1.29, 1.82) is 0 Å². The van der Waals surface area contributed by atoms with E-state index in [4.69, 9.17) is 5.10 Å². The fourth-order valence-corrected chi connectivity index (χ4v) is 4.68. The molecule has 1 amide bonds. The summed E-state index contributed by atoms with van der Waals surface area (Å²) < 4.78 is 2.05. The van der Waals surface area contributed by atoms with Gasteiger partial charge in [-0.15, -0.1) is 11.3 Å². The van der Waals surface area contributed by atoms with Gasteiger partial charge in [-0.3, -0.25) is 9.48 Å². The molecular formula is C19H27N5OS. The van der Waals surface area contributed by atoms with E-state index in [1.807, 2.05) is 21.2 Å². The number of aryl methyl sites for hydroxylation is 1. The zero-order valence-corrected chi connectivity index (χ0v) is 16.2. The zero-order valence-electron chi connectivity index (χ0n) is 15.4. The standard InChI is InChI=1S/C19H27N5OS/c1-2-24-16-7-6-14(21-13-17-20-8-11-26-17)12-15(16)18(22-24)19(25)23-9-4-3-5-10-23/h8,11,14,21H,2-7,9-10,12-13H2,1H3/t14-/m0/s1. The van der Waals surface area contributed by atoms with Crippen molar-refractivity contribution in [2.24, 2.45) is 0 Å². The number of nitrogens with one attached hydrogen (secondary N) is 1. The molecule has 1 N–H and O–H groups in total. The summed E-state index contributed by atoms with van der Waals surface area (Å²) in [6, 6.07) is 0.383. The van der Waals surface area contributed by atoms with Crippen LogP contribution in [0.15, 0.2) is 11.6 Å².